The third-order valence-corrected chi connectivity index (χ3v) is 8.18. The monoisotopic (exact) mass is 544 g/mol. The van der Waals surface area contributed by atoms with Gasteiger partial charge in [-0.3, -0.25) is 4.79 Å². The fourth-order valence-electron chi connectivity index (χ4n) is 3.88. The van der Waals surface area contributed by atoms with Gasteiger partial charge < -0.3 is 10.2 Å². The van der Waals surface area contributed by atoms with Gasteiger partial charge in [-0.05, 0) is 75.5 Å². The van der Waals surface area contributed by atoms with E-state index >= 15 is 0 Å². The van der Waals surface area contributed by atoms with E-state index in [9.17, 15) is 13.2 Å². The number of aromatic nitrogens is 2. The van der Waals surface area contributed by atoms with E-state index in [4.69, 9.17) is 23.2 Å². The van der Waals surface area contributed by atoms with E-state index in [0.29, 0.717) is 34.1 Å². The van der Waals surface area contributed by atoms with Gasteiger partial charge in [0.05, 0.1) is 27.2 Å². The van der Waals surface area contributed by atoms with Gasteiger partial charge in [0, 0.05) is 23.0 Å². The highest BCUT2D eigenvalue weighted by molar-refractivity contribution is 7.90. The number of fused-ring (bicyclic) bond motifs is 1. The van der Waals surface area contributed by atoms with Crippen molar-refractivity contribution >= 4 is 50.0 Å². The summed E-state index contributed by atoms with van der Waals surface area (Å²) in [6.45, 7) is 2.30. The van der Waals surface area contributed by atoms with Crippen LogP contribution in [0.25, 0.3) is 10.9 Å². The minimum atomic E-state index is -3.81. The Bertz CT molecular complexity index is 1520. The number of likely N-dealkylation sites (N-methyl/N-ethyl adjacent to an activating group) is 1. The van der Waals surface area contributed by atoms with Crippen LogP contribution in [0.3, 0.4) is 0 Å². The molecule has 1 heterocycles. The molecule has 36 heavy (non-hydrogen) atoms. The van der Waals surface area contributed by atoms with E-state index in [-0.39, 0.29) is 16.8 Å². The summed E-state index contributed by atoms with van der Waals surface area (Å²) in [6.07, 6.45) is 2.19. The van der Waals surface area contributed by atoms with Crippen LogP contribution in [0.1, 0.15) is 21.5 Å². The number of nitrogens with one attached hydrogen (secondary N) is 1. The summed E-state index contributed by atoms with van der Waals surface area (Å²) in [5.41, 5.74) is 2.84. The largest absolute Gasteiger partial charge is 0.350 e. The van der Waals surface area contributed by atoms with Gasteiger partial charge in [-0.15, -0.1) is 0 Å². The predicted octanol–water partition coefficient (Wildman–Crippen LogP) is 4.79. The Morgan fingerprint density at radius 3 is 2.44 bits per heavy atom. The molecule has 3 aromatic carbocycles. The zero-order valence-corrected chi connectivity index (χ0v) is 22.4. The van der Waals surface area contributed by atoms with Crippen molar-refractivity contribution in [2.75, 3.05) is 20.6 Å². The number of nitrogens with zero attached hydrogens (tertiary/aromatic N) is 3. The number of carbonyl (C=O) groups is 1. The van der Waals surface area contributed by atoms with Gasteiger partial charge >= 0.3 is 0 Å². The number of amides is 1. The summed E-state index contributed by atoms with van der Waals surface area (Å²) in [6, 6.07) is 17.0. The van der Waals surface area contributed by atoms with E-state index in [2.05, 4.69) is 10.4 Å². The minimum absolute atomic E-state index is 0.0104. The molecule has 0 unspecified atom stereocenters. The molecule has 0 bridgehead atoms. The first-order valence-electron chi connectivity index (χ1n) is 11.2. The smallest absolute Gasteiger partial charge is 0.283 e. The summed E-state index contributed by atoms with van der Waals surface area (Å²) < 4.78 is 27.3. The molecule has 7 nitrogen and oxygen atoms in total. The van der Waals surface area contributed by atoms with Crippen molar-refractivity contribution in [1.29, 1.82) is 0 Å². The Morgan fingerprint density at radius 1 is 1.06 bits per heavy atom. The predicted molar refractivity (Wildman–Crippen MR) is 143 cm³/mol. The summed E-state index contributed by atoms with van der Waals surface area (Å²) in [7, 11) is 0.0742. The number of benzene rings is 3. The molecule has 0 saturated heterocycles. The minimum Gasteiger partial charge on any atom is -0.350 e. The highest BCUT2D eigenvalue weighted by atomic mass is 35.5. The van der Waals surface area contributed by atoms with Crippen molar-refractivity contribution in [3.8, 4) is 0 Å². The molecule has 0 radical (unpaired) electrons. The van der Waals surface area contributed by atoms with Gasteiger partial charge in [0.15, 0.2) is 0 Å². The molecule has 0 fully saturated rings. The van der Waals surface area contributed by atoms with Crippen LogP contribution in [0.2, 0.25) is 10.0 Å². The lowest BCUT2D eigenvalue weighted by Gasteiger charge is -2.25. The lowest BCUT2D eigenvalue weighted by atomic mass is 10.0. The number of carbonyl (C=O) groups excluding carboxylic acids is 1. The molecule has 0 spiro atoms. The molecule has 4 rings (SSSR count). The highest BCUT2D eigenvalue weighted by Gasteiger charge is 2.21. The van der Waals surface area contributed by atoms with E-state index < -0.39 is 10.0 Å². The summed E-state index contributed by atoms with van der Waals surface area (Å²) in [4.78, 5) is 14.9. The Labute approximate surface area is 220 Å². The van der Waals surface area contributed by atoms with Crippen molar-refractivity contribution < 1.29 is 13.2 Å². The van der Waals surface area contributed by atoms with Gasteiger partial charge in [-0.2, -0.15) is 17.6 Å². The molecule has 0 saturated carbocycles. The van der Waals surface area contributed by atoms with Crippen LogP contribution < -0.4 is 5.32 Å². The Balaban J connectivity index is 1.51. The maximum Gasteiger partial charge on any atom is 0.283 e. The lowest BCUT2D eigenvalue weighted by molar-refractivity contribution is 0.0942. The van der Waals surface area contributed by atoms with Crippen LogP contribution in [0.5, 0.6) is 0 Å². The standard InChI is InChI=1S/C26H26Cl2N4O3S/c1-17-4-8-22(9-5-17)36(34,35)32-25-11-6-18(12-19(25)15-30-32)13-21(31(2)3)16-29-26(33)23-10-7-20(27)14-24(23)28/h4-12,14-15,21H,13,16H2,1-3H3,(H,29,33)/t21-/m0/s1. The molecular formula is C26H26Cl2N4O3S. The lowest BCUT2D eigenvalue weighted by Crippen LogP contribution is -2.41. The number of hydrogen-bond donors (Lipinski definition) is 1. The van der Waals surface area contributed by atoms with E-state index in [1.165, 1.54) is 6.07 Å². The molecule has 188 valence electrons. The molecule has 0 aliphatic carbocycles. The average Bonchev–Trinajstić information content (AvgIpc) is 3.26. The van der Waals surface area contributed by atoms with Crippen LogP contribution in [0, 0.1) is 6.92 Å². The van der Waals surface area contributed by atoms with E-state index in [0.717, 1.165) is 20.6 Å². The molecule has 1 atom stereocenters. The number of rotatable bonds is 8. The second-order valence-corrected chi connectivity index (χ2v) is 11.5. The van der Waals surface area contributed by atoms with Crippen molar-refractivity contribution in [2.45, 2.75) is 24.3 Å². The third kappa shape index (κ3) is 5.57. The quantitative estimate of drug-likeness (QED) is 0.344. The van der Waals surface area contributed by atoms with Gasteiger partial charge in [0.25, 0.3) is 15.9 Å². The van der Waals surface area contributed by atoms with Gasteiger partial charge in [0.1, 0.15) is 0 Å². The Kier molecular flexibility index (Phi) is 7.70. The van der Waals surface area contributed by atoms with E-state index in [1.54, 1.807) is 48.7 Å². The Hall–Kier alpha value is -2.91. The first kappa shape index (κ1) is 26.2. The summed E-state index contributed by atoms with van der Waals surface area (Å²) in [5, 5.41) is 8.59. The molecule has 0 aliphatic rings. The molecule has 1 amide bonds. The van der Waals surface area contributed by atoms with Crippen LogP contribution in [-0.2, 0) is 16.4 Å². The molecule has 1 aromatic heterocycles. The zero-order valence-electron chi connectivity index (χ0n) is 20.1. The molecule has 4 aromatic rings. The second-order valence-electron chi connectivity index (χ2n) is 8.85. The highest BCUT2D eigenvalue weighted by Crippen LogP contribution is 2.23. The van der Waals surface area contributed by atoms with Gasteiger partial charge in [-0.25, -0.2) is 0 Å². The number of aryl methyl sites for hydroxylation is 1. The van der Waals surface area contributed by atoms with Gasteiger partial charge in [0.2, 0.25) is 0 Å². The van der Waals surface area contributed by atoms with Gasteiger partial charge in [-0.1, -0.05) is 47.0 Å². The normalized spacial score (nSPS) is 12.7. The fraction of sp³-hybridized carbons (Fsp3) is 0.231. The maximum atomic E-state index is 13.1. The van der Waals surface area contributed by atoms with Crippen LogP contribution in [0.15, 0.2) is 71.8 Å². The SMILES string of the molecule is Cc1ccc(S(=O)(=O)n2ncc3cc(C[C@@H](CNC(=O)c4ccc(Cl)cc4Cl)N(C)C)ccc32)cc1. The first-order chi connectivity index (χ1) is 17.1. The number of hydrogen-bond acceptors (Lipinski definition) is 5. The summed E-state index contributed by atoms with van der Waals surface area (Å²) in [5.74, 6) is -0.276. The molecular weight excluding hydrogens is 519 g/mol. The fourth-order valence-corrected chi connectivity index (χ4v) is 5.65. The maximum absolute atomic E-state index is 13.1. The van der Waals surface area contributed by atoms with Crippen molar-refractivity contribution in [2.24, 2.45) is 0 Å². The van der Waals surface area contributed by atoms with Crippen LogP contribution in [0.4, 0.5) is 0 Å². The van der Waals surface area contributed by atoms with Crippen molar-refractivity contribution in [3.05, 3.63) is 93.6 Å². The summed E-state index contributed by atoms with van der Waals surface area (Å²) >= 11 is 12.1. The van der Waals surface area contributed by atoms with Crippen LogP contribution >= 0.6 is 23.2 Å². The van der Waals surface area contributed by atoms with Crippen LogP contribution in [-0.4, -0.2) is 55.1 Å². The third-order valence-electron chi connectivity index (χ3n) is 6.02. The second kappa shape index (κ2) is 10.6. The first-order valence-corrected chi connectivity index (χ1v) is 13.4. The Morgan fingerprint density at radius 2 is 1.78 bits per heavy atom. The topological polar surface area (TPSA) is 84.3 Å². The molecule has 10 heteroatoms. The molecule has 0 aliphatic heterocycles. The number of halogens is 2. The molecule has 1 N–H and O–H groups in total. The van der Waals surface area contributed by atoms with E-state index in [1.807, 2.05) is 38.1 Å². The zero-order chi connectivity index (χ0) is 26.0. The van der Waals surface area contributed by atoms with Crippen molar-refractivity contribution in [1.82, 2.24) is 19.4 Å². The van der Waals surface area contributed by atoms with Crippen molar-refractivity contribution in [3.63, 3.8) is 0 Å². The average molecular weight is 545 g/mol.